The van der Waals surface area contributed by atoms with E-state index < -0.39 is 0 Å². The van der Waals surface area contributed by atoms with E-state index in [-0.39, 0.29) is 5.75 Å². The standard InChI is InChI=1S/C16H14O/c17-16-12-10-15(11-13-16)9-5-4-8-14-6-2-1-3-7-14/h1-3,6-7,10-13,17H,4,8H2. The van der Waals surface area contributed by atoms with E-state index in [0.29, 0.717) is 0 Å². The van der Waals surface area contributed by atoms with E-state index in [0.717, 1.165) is 18.4 Å². The Morgan fingerprint density at radius 2 is 1.59 bits per heavy atom. The van der Waals surface area contributed by atoms with Gasteiger partial charge in [0.15, 0.2) is 0 Å². The van der Waals surface area contributed by atoms with Crippen molar-refractivity contribution in [3.8, 4) is 17.6 Å². The summed E-state index contributed by atoms with van der Waals surface area (Å²) in [6.07, 6.45) is 1.83. The Kier molecular flexibility index (Phi) is 3.83. The average Bonchev–Trinajstić information content (AvgIpc) is 2.38. The molecule has 17 heavy (non-hydrogen) atoms. The van der Waals surface area contributed by atoms with Crippen LogP contribution in [0.5, 0.6) is 5.75 Å². The number of phenolic OH excluding ortho intramolecular Hbond substituents is 1. The van der Waals surface area contributed by atoms with E-state index in [1.165, 1.54) is 5.56 Å². The van der Waals surface area contributed by atoms with Crippen LogP contribution in [0.1, 0.15) is 17.5 Å². The van der Waals surface area contributed by atoms with Crippen LogP contribution in [0.25, 0.3) is 0 Å². The van der Waals surface area contributed by atoms with Gasteiger partial charge in [-0.15, -0.1) is 0 Å². The molecule has 0 aliphatic heterocycles. The van der Waals surface area contributed by atoms with Gasteiger partial charge < -0.3 is 5.11 Å². The summed E-state index contributed by atoms with van der Waals surface area (Å²) in [7, 11) is 0. The molecule has 0 aliphatic rings. The van der Waals surface area contributed by atoms with Gasteiger partial charge in [0.1, 0.15) is 5.75 Å². The van der Waals surface area contributed by atoms with Crippen molar-refractivity contribution in [3.63, 3.8) is 0 Å². The summed E-state index contributed by atoms with van der Waals surface area (Å²) < 4.78 is 0. The number of rotatable bonds is 2. The molecule has 0 heterocycles. The molecule has 1 nitrogen and oxygen atoms in total. The second-order valence-electron chi connectivity index (χ2n) is 3.83. The molecule has 0 unspecified atom stereocenters. The molecule has 0 spiro atoms. The van der Waals surface area contributed by atoms with E-state index >= 15 is 0 Å². The second-order valence-corrected chi connectivity index (χ2v) is 3.83. The molecule has 0 saturated heterocycles. The smallest absolute Gasteiger partial charge is 0.115 e. The molecule has 0 atom stereocenters. The maximum Gasteiger partial charge on any atom is 0.115 e. The van der Waals surface area contributed by atoms with Gasteiger partial charge in [0.25, 0.3) is 0 Å². The van der Waals surface area contributed by atoms with Crippen molar-refractivity contribution in [2.24, 2.45) is 0 Å². The van der Waals surface area contributed by atoms with Crippen LogP contribution in [-0.4, -0.2) is 5.11 Å². The number of phenols is 1. The number of benzene rings is 2. The topological polar surface area (TPSA) is 20.2 Å². The van der Waals surface area contributed by atoms with E-state index in [2.05, 4.69) is 24.0 Å². The number of hydrogen-bond donors (Lipinski definition) is 1. The van der Waals surface area contributed by atoms with Gasteiger partial charge in [0.05, 0.1) is 0 Å². The first kappa shape index (κ1) is 11.3. The molecule has 2 aromatic rings. The predicted octanol–water partition coefficient (Wildman–Crippen LogP) is 3.38. The van der Waals surface area contributed by atoms with Crippen molar-refractivity contribution >= 4 is 0 Å². The highest BCUT2D eigenvalue weighted by molar-refractivity contribution is 5.37. The molecule has 0 aromatic heterocycles. The van der Waals surface area contributed by atoms with Crippen molar-refractivity contribution in [3.05, 3.63) is 65.7 Å². The maximum atomic E-state index is 9.13. The fraction of sp³-hybridized carbons (Fsp3) is 0.125. The molecule has 0 bridgehead atoms. The first-order valence-corrected chi connectivity index (χ1v) is 5.66. The third-order valence-corrected chi connectivity index (χ3v) is 2.48. The van der Waals surface area contributed by atoms with Crippen LogP contribution < -0.4 is 0 Å². The number of hydrogen-bond acceptors (Lipinski definition) is 1. The Balaban J connectivity index is 1.89. The summed E-state index contributed by atoms with van der Waals surface area (Å²) in [6.45, 7) is 0. The van der Waals surface area contributed by atoms with E-state index in [9.17, 15) is 0 Å². The average molecular weight is 222 g/mol. The predicted molar refractivity (Wildman–Crippen MR) is 69.7 cm³/mol. The molecule has 0 amide bonds. The van der Waals surface area contributed by atoms with Crippen LogP contribution in [-0.2, 0) is 6.42 Å². The highest BCUT2D eigenvalue weighted by Gasteiger charge is 1.89. The zero-order valence-corrected chi connectivity index (χ0v) is 9.56. The van der Waals surface area contributed by atoms with Gasteiger partial charge in [-0.05, 0) is 36.2 Å². The van der Waals surface area contributed by atoms with Crippen LogP contribution in [0.3, 0.4) is 0 Å². The van der Waals surface area contributed by atoms with E-state index in [4.69, 9.17) is 5.11 Å². The Labute approximate surface area is 102 Å². The first-order chi connectivity index (χ1) is 8.34. The van der Waals surface area contributed by atoms with Gasteiger partial charge in [0.2, 0.25) is 0 Å². The maximum absolute atomic E-state index is 9.13. The molecule has 1 heteroatoms. The molecular formula is C16H14O. The van der Waals surface area contributed by atoms with Gasteiger partial charge in [-0.2, -0.15) is 0 Å². The summed E-state index contributed by atoms with van der Waals surface area (Å²) in [5.41, 5.74) is 2.25. The lowest BCUT2D eigenvalue weighted by molar-refractivity contribution is 0.475. The SMILES string of the molecule is Oc1ccc(C#CCCc2ccccc2)cc1. The van der Waals surface area contributed by atoms with Gasteiger partial charge in [-0.3, -0.25) is 0 Å². The lowest BCUT2D eigenvalue weighted by Crippen LogP contribution is -1.81. The largest absolute Gasteiger partial charge is 0.508 e. The highest BCUT2D eigenvalue weighted by atomic mass is 16.3. The molecule has 84 valence electrons. The van der Waals surface area contributed by atoms with E-state index in [1.807, 2.05) is 30.3 Å². The fourth-order valence-corrected chi connectivity index (χ4v) is 1.56. The molecule has 0 radical (unpaired) electrons. The van der Waals surface area contributed by atoms with Crippen LogP contribution in [0, 0.1) is 11.8 Å². The molecule has 1 N–H and O–H groups in total. The third-order valence-electron chi connectivity index (χ3n) is 2.48. The van der Waals surface area contributed by atoms with Crippen LogP contribution >= 0.6 is 0 Å². The van der Waals surface area contributed by atoms with Crippen LogP contribution in [0.15, 0.2) is 54.6 Å². The van der Waals surface area contributed by atoms with Crippen LogP contribution in [0.2, 0.25) is 0 Å². The first-order valence-electron chi connectivity index (χ1n) is 5.66. The lowest BCUT2D eigenvalue weighted by atomic mass is 10.1. The van der Waals surface area contributed by atoms with Crippen molar-refractivity contribution in [1.82, 2.24) is 0 Å². The molecule has 0 aliphatic carbocycles. The summed E-state index contributed by atoms with van der Waals surface area (Å²) in [5, 5.41) is 9.13. The molecule has 0 fully saturated rings. The summed E-state index contributed by atoms with van der Waals surface area (Å²) in [4.78, 5) is 0. The second kappa shape index (κ2) is 5.77. The molecule has 2 aromatic carbocycles. The van der Waals surface area contributed by atoms with Gasteiger partial charge in [-0.25, -0.2) is 0 Å². The normalized spacial score (nSPS) is 9.41. The minimum atomic E-state index is 0.278. The summed E-state index contributed by atoms with van der Waals surface area (Å²) in [6, 6.07) is 17.3. The van der Waals surface area contributed by atoms with E-state index in [1.54, 1.807) is 12.1 Å². The van der Waals surface area contributed by atoms with Gasteiger partial charge in [0, 0.05) is 12.0 Å². The Morgan fingerprint density at radius 3 is 2.29 bits per heavy atom. The Bertz CT molecular complexity index is 515. The molecule has 0 saturated carbocycles. The van der Waals surface area contributed by atoms with Crippen molar-refractivity contribution in [2.45, 2.75) is 12.8 Å². The zero-order valence-electron chi connectivity index (χ0n) is 9.56. The lowest BCUT2D eigenvalue weighted by Gasteiger charge is -1.95. The minimum absolute atomic E-state index is 0.278. The molecular weight excluding hydrogens is 208 g/mol. The molecule has 2 rings (SSSR count). The Morgan fingerprint density at radius 1 is 0.882 bits per heavy atom. The van der Waals surface area contributed by atoms with Crippen molar-refractivity contribution in [1.29, 1.82) is 0 Å². The monoisotopic (exact) mass is 222 g/mol. The van der Waals surface area contributed by atoms with Crippen molar-refractivity contribution in [2.75, 3.05) is 0 Å². The number of aryl methyl sites for hydroxylation is 1. The van der Waals surface area contributed by atoms with Crippen molar-refractivity contribution < 1.29 is 5.11 Å². The Hall–Kier alpha value is -2.20. The number of aromatic hydroxyl groups is 1. The van der Waals surface area contributed by atoms with Gasteiger partial charge in [-0.1, -0.05) is 42.2 Å². The third kappa shape index (κ3) is 3.70. The quantitative estimate of drug-likeness (QED) is 0.772. The highest BCUT2D eigenvalue weighted by Crippen LogP contribution is 2.08. The van der Waals surface area contributed by atoms with Gasteiger partial charge >= 0.3 is 0 Å². The van der Waals surface area contributed by atoms with Crippen LogP contribution in [0.4, 0.5) is 0 Å². The minimum Gasteiger partial charge on any atom is -0.508 e. The summed E-state index contributed by atoms with van der Waals surface area (Å²) >= 11 is 0. The fourth-order valence-electron chi connectivity index (χ4n) is 1.56. The zero-order chi connectivity index (χ0) is 11.9. The summed E-state index contributed by atoms with van der Waals surface area (Å²) in [5.74, 6) is 6.50.